The number of ether oxygens (including phenoxy) is 2. The third-order valence-corrected chi connectivity index (χ3v) is 2.70. The number of nitro benzene ring substituents is 1. The van der Waals surface area contributed by atoms with Crippen LogP contribution in [-0.2, 0) is 4.74 Å². The number of rotatable bonds is 6. The van der Waals surface area contributed by atoms with Crippen LogP contribution in [0.2, 0.25) is 0 Å². The molecule has 0 saturated carbocycles. The van der Waals surface area contributed by atoms with Crippen LogP contribution in [-0.4, -0.2) is 30.3 Å². The van der Waals surface area contributed by atoms with Crippen molar-refractivity contribution in [3.63, 3.8) is 0 Å². The summed E-state index contributed by atoms with van der Waals surface area (Å²) in [5.74, 6) is 0.426. The van der Waals surface area contributed by atoms with Crippen LogP contribution >= 0.6 is 0 Å². The molecule has 23 heavy (non-hydrogen) atoms. The fourth-order valence-corrected chi connectivity index (χ4v) is 1.73. The first kappa shape index (κ1) is 18.5. The van der Waals surface area contributed by atoms with Gasteiger partial charge in [-0.05, 0) is 33.3 Å². The number of nitrogens with zero attached hydrogens (tertiary/aromatic N) is 1. The Morgan fingerprint density at radius 3 is 2.65 bits per heavy atom. The van der Waals surface area contributed by atoms with E-state index in [9.17, 15) is 14.9 Å². The predicted octanol–water partition coefficient (Wildman–Crippen LogP) is 3.53. The normalized spacial score (nSPS) is 11.3. The summed E-state index contributed by atoms with van der Waals surface area (Å²) in [6.07, 6.45) is 3.78. The summed E-state index contributed by atoms with van der Waals surface area (Å²) in [7, 11) is 1.46. The van der Waals surface area contributed by atoms with Gasteiger partial charge in [0.05, 0.1) is 18.1 Å². The summed E-state index contributed by atoms with van der Waals surface area (Å²) in [5, 5.41) is 13.4. The number of nitrogens with one attached hydrogen (secondary N) is 1. The molecule has 0 aromatic heterocycles. The molecule has 1 amide bonds. The van der Waals surface area contributed by atoms with E-state index in [1.54, 1.807) is 32.9 Å². The third kappa shape index (κ3) is 6.82. The smallest absolute Gasteiger partial charge is 0.407 e. The number of nitro groups is 1. The van der Waals surface area contributed by atoms with E-state index in [1.165, 1.54) is 19.2 Å². The zero-order chi connectivity index (χ0) is 17.5. The van der Waals surface area contributed by atoms with Gasteiger partial charge in [0.2, 0.25) is 0 Å². The summed E-state index contributed by atoms with van der Waals surface area (Å²) >= 11 is 0. The van der Waals surface area contributed by atoms with Crippen molar-refractivity contribution in [1.29, 1.82) is 0 Å². The van der Waals surface area contributed by atoms with Crippen LogP contribution in [0.4, 0.5) is 10.5 Å². The van der Waals surface area contributed by atoms with Gasteiger partial charge in [0.15, 0.2) is 0 Å². The molecule has 0 bridgehead atoms. The lowest BCUT2D eigenvalue weighted by atomic mass is 10.1. The Bertz CT molecular complexity index is 591. The molecule has 7 heteroatoms. The van der Waals surface area contributed by atoms with Gasteiger partial charge in [-0.25, -0.2) is 4.79 Å². The molecule has 7 nitrogen and oxygen atoms in total. The molecule has 0 aliphatic carbocycles. The standard InChI is InChI=1S/C16H22N2O5/c1-16(2,3)23-15(19)17-10-6-5-7-12-8-9-13(18(20)21)11-14(12)22-4/h5,7-9,11H,6,10H2,1-4H3,(H,17,19). The second-order valence-corrected chi connectivity index (χ2v) is 5.80. The highest BCUT2D eigenvalue weighted by Gasteiger charge is 2.15. The fraction of sp³-hybridized carbons (Fsp3) is 0.438. The van der Waals surface area contributed by atoms with Gasteiger partial charge in [-0.3, -0.25) is 10.1 Å². The van der Waals surface area contributed by atoms with Crippen molar-refractivity contribution in [2.75, 3.05) is 13.7 Å². The number of carbonyl (C=O) groups excluding carboxylic acids is 1. The van der Waals surface area contributed by atoms with Gasteiger partial charge >= 0.3 is 6.09 Å². The van der Waals surface area contributed by atoms with Gasteiger partial charge in [0.25, 0.3) is 5.69 Å². The van der Waals surface area contributed by atoms with E-state index in [2.05, 4.69) is 5.32 Å². The summed E-state index contributed by atoms with van der Waals surface area (Å²) in [6, 6.07) is 4.41. The monoisotopic (exact) mass is 322 g/mol. The number of methoxy groups -OCH3 is 1. The lowest BCUT2D eigenvalue weighted by molar-refractivity contribution is -0.384. The molecule has 0 aliphatic heterocycles. The van der Waals surface area contributed by atoms with E-state index in [0.29, 0.717) is 18.7 Å². The SMILES string of the molecule is COc1cc([N+](=O)[O-])ccc1C=CCCNC(=O)OC(C)(C)C. The van der Waals surface area contributed by atoms with Gasteiger partial charge in [-0.2, -0.15) is 0 Å². The number of alkyl carbamates (subject to hydrolysis) is 1. The zero-order valence-electron chi connectivity index (χ0n) is 13.8. The summed E-state index contributed by atoms with van der Waals surface area (Å²) in [4.78, 5) is 21.7. The first-order valence-electron chi connectivity index (χ1n) is 7.19. The first-order chi connectivity index (χ1) is 10.7. The van der Waals surface area contributed by atoms with E-state index in [4.69, 9.17) is 9.47 Å². The highest BCUT2D eigenvalue weighted by Crippen LogP contribution is 2.25. The topological polar surface area (TPSA) is 90.7 Å². The lowest BCUT2D eigenvalue weighted by Crippen LogP contribution is -2.32. The molecule has 126 valence electrons. The van der Waals surface area contributed by atoms with Crippen LogP contribution in [0.3, 0.4) is 0 Å². The molecule has 0 saturated heterocycles. The quantitative estimate of drug-likeness (QED) is 0.491. The van der Waals surface area contributed by atoms with Gasteiger partial charge in [-0.15, -0.1) is 0 Å². The number of hydrogen-bond acceptors (Lipinski definition) is 5. The van der Waals surface area contributed by atoms with Crippen molar-refractivity contribution in [2.45, 2.75) is 32.8 Å². The molecule has 0 spiro atoms. The molecular formula is C16H22N2O5. The van der Waals surface area contributed by atoms with Crippen LogP contribution < -0.4 is 10.1 Å². The summed E-state index contributed by atoms with van der Waals surface area (Å²) in [6.45, 7) is 5.83. The highest BCUT2D eigenvalue weighted by molar-refractivity contribution is 5.67. The van der Waals surface area contributed by atoms with Gasteiger partial charge in [0.1, 0.15) is 11.4 Å². The molecule has 0 radical (unpaired) electrons. The molecule has 1 N–H and O–H groups in total. The van der Waals surface area contributed by atoms with Crippen molar-refractivity contribution in [3.05, 3.63) is 40.0 Å². The Balaban J connectivity index is 2.52. The summed E-state index contributed by atoms with van der Waals surface area (Å²) < 4.78 is 10.3. The maximum Gasteiger partial charge on any atom is 0.407 e. The number of hydrogen-bond donors (Lipinski definition) is 1. The Kier molecular flexibility index (Phi) is 6.56. The van der Waals surface area contributed by atoms with E-state index in [-0.39, 0.29) is 5.69 Å². The van der Waals surface area contributed by atoms with Gasteiger partial charge < -0.3 is 14.8 Å². The number of amides is 1. The predicted molar refractivity (Wildman–Crippen MR) is 87.5 cm³/mol. The average Bonchev–Trinajstić information content (AvgIpc) is 2.44. The Hall–Kier alpha value is -2.57. The van der Waals surface area contributed by atoms with E-state index >= 15 is 0 Å². The van der Waals surface area contributed by atoms with Crippen molar-refractivity contribution < 1.29 is 19.2 Å². The minimum absolute atomic E-state index is 0.0226. The van der Waals surface area contributed by atoms with Crippen LogP contribution in [0, 0.1) is 10.1 Å². The number of non-ortho nitro benzene ring substituents is 1. The van der Waals surface area contributed by atoms with Crippen LogP contribution in [0.1, 0.15) is 32.8 Å². The molecule has 1 aromatic rings. The molecule has 0 atom stereocenters. The molecule has 0 unspecified atom stereocenters. The maximum absolute atomic E-state index is 11.5. The number of benzene rings is 1. The second-order valence-electron chi connectivity index (χ2n) is 5.80. The Labute approximate surface area is 135 Å². The molecule has 0 fully saturated rings. The Morgan fingerprint density at radius 2 is 2.09 bits per heavy atom. The van der Waals surface area contributed by atoms with Crippen molar-refractivity contribution in [1.82, 2.24) is 5.32 Å². The van der Waals surface area contributed by atoms with E-state index in [0.717, 1.165) is 5.56 Å². The van der Waals surface area contributed by atoms with Gasteiger partial charge in [-0.1, -0.05) is 12.2 Å². The minimum Gasteiger partial charge on any atom is -0.496 e. The zero-order valence-corrected chi connectivity index (χ0v) is 13.8. The van der Waals surface area contributed by atoms with E-state index < -0.39 is 16.6 Å². The summed E-state index contributed by atoms with van der Waals surface area (Å²) in [5.41, 5.74) is 0.187. The lowest BCUT2D eigenvalue weighted by Gasteiger charge is -2.19. The van der Waals surface area contributed by atoms with Crippen LogP contribution in [0.15, 0.2) is 24.3 Å². The van der Waals surface area contributed by atoms with E-state index in [1.807, 2.05) is 6.08 Å². The molecule has 1 aromatic carbocycles. The maximum atomic E-state index is 11.5. The molecule has 0 aliphatic rings. The average molecular weight is 322 g/mol. The molecular weight excluding hydrogens is 300 g/mol. The fourth-order valence-electron chi connectivity index (χ4n) is 1.73. The highest BCUT2D eigenvalue weighted by atomic mass is 16.6. The first-order valence-corrected chi connectivity index (χ1v) is 7.19. The third-order valence-electron chi connectivity index (χ3n) is 2.70. The van der Waals surface area contributed by atoms with Gasteiger partial charge in [0, 0.05) is 18.2 Å². The minimum atomic E-state index is -0.522. The molecule has 1 rings (SSSR count). The second kappa shape index (κ2) is 8.17. The number of carbonyl (C=O) groups is 1. The van der Waals surface area contributed by atoms with Crippen LogP contribution in [0.5, 0.6) is 5.75 Å². The Morgan fingerprint density at radius 1 is 1.39 bits per heavy atom. The molecule has 0 heterocycles. The van der Waals surface area contributed by atoms with Crippen LogP contribution in [0.25, 0.3) is 6.08 Å². The van der Waals surface area contributed by atoms with Crippen molar-refractivity contribution >= 4 is 17.9 Å². The largest absolute Gasteiger partial charge is 0.496 e. The van der Waals surface area contributed by atoms with Crippen molar-refractivity contribution in [3.8, 4) is 5.75 Å². The van der Waals surface area contributed by atoms with Crippen molar-refractivity contribution in [2.24, 2.45) is 0 Å².